The van der Waals surface area contributed by atoms with Gasteiger partial charge < -0.3 is 10.6 Å². The summed E-state index contributed by atoms with van der Waals surface area (Å²) < 4.78 is 23.7. The molecular formula is C16H19BrN2O4S. The van der Waals surface area contributed by atoms with Crippen LogP contribution in [0.1, 0.15) is 24.3 Å². The van der Waals surface area contributed by atoms with Crippen molar-refractivity contribution in [2.24, 2.45) is 5.92 Å². The first-order valence-corrected chi connectivity index (χ1v) is 10.5. The molecule has 3 rings (SSSR count). The Hall–Kier alpha value is -1.41. The number of sulfone groups is 1. The zero-order chi connectivity index (χ0) is 17.3. The normalized spacial score (nSPS) is 27.5. The van der Waals surface area contributed by atoms with Gasteiger partial charge in [0.1, 0.15) is 0 Å². The van der Waals surface area contributed by atoms with Gasteiger partial charge in [0.2, 0.25) is 11.8 Å². The molecule has 1 aromatic carbocycles. The fraction of sp³-hybridized carbons (Fsp3) is 0.500. The second kappa shape index (κ2) is 6.84. The smallest absolute Gasteiger partial charge is 0.239 e. The van der Waals surface area contributed by atoms with Crippen molar-refractivity contribution in [3.05, 3.63) is 34.3 Å². The van der Waals surface area contributed by atoms with E-state index in [0.29, 0.717) is 6.42 Å². The molecule has 2 N–H and O–H groups in total. The van der Waals surface area contributed by atoms with Gasteiger partial charge in [-0.15, -0.1) is 0 Å². The van der Waals surface area contributed by atoms with Crippen LogP contribution in [0.5, 0.6) is 0 Å². The van der Waals surface area contributed by atoms with Gasteiger partial charge in [0, 0.05) is 16.4 Å². The highest BCUT2D eigenvalue weighted by Gasteiger charge is 2.44. The molecule has 6 nitrogen and oxygen atoms in total. The number of rotatable bonds is 5. The van der Waals surface area contributed by atoms with E-state index in [9.17, 15) is 18.0 Å². The summed E-state index contributed by atoms with van der Waals surface area (Å²) in [6.07, 6.45) is 1.22. The number of hydrogen-bond acceptors (Lipinski definition) is 4. The number of amides is 2. The number of halogens is 1. The van der Waals surface area contributed by atoms with Crippen LogP contribution in [0.3, 0.4) is 0 Å². The van der Waals surface area contributed by atoms with Gasteiger partial charge in [0.05, 0.1) is 18.1 Å². The maximum atomic E-state index is 12.1. The average Bonchev–Trinajstić information content (AvgIpc) is 3.24. The van der Waals surface area contributed by atoms with Gasteiger partial charge in [-0.3, -0.25) is 9.59 Å². The largest absolute Gasteiger partial charge is 0.351 e. The number of carbonyl (C=O) groups excluding carboxylic acids is 2. The molecular weight excluding hydrogens is 396 g/mol. The lowest BCUT2D eigenvalue weighted by atomic mass is 10.1. The van der Waals surface area contributed by atoms with Gasteiger partial charge in [-0.25, -0.2) is 8.42 Å². The lowest BCUT2D eigenvalue weighted by molar-refractivity contribution is -0.127. The molecule has 2 amide bonds. The Kier molecular flexibility index (Phi) is 4.96. The topological polar surface area (TPSA) is 92.3 Å². The van der Waals surface area contributed by atoms with Crippen LogP contribution in [0.2, 0.25) is 0 Å². The van der Waals surface area contributed by atoms with Crippen LogP contribution in [-0.2, 0) is 19.4 Å². The summed E-state index contributed by atoms with van der Waals surface area (Å²) in [6, 6.07) is 7.54. The van der Waals surface area contributed by atoms with Crippen molar-refractivity contribution >= 4 is 37.6 Å². The van der Waals surface area contributed by atoms with Gasteiger partial charge in [0.15, 0.2) is 9.84 Å². The highest BCUT2D eigenvalue weighted by atomic mass is 79.9. The van der Waals surface area contributed by atoms with E-state index in [0.717, 1.165) is 16.5 Å². The molecule has 2 aliphatic rings. The van der Waals surface area contributed by atoms with Crippen LogP contribution < -0.4 is 10.6 Å². The third-order valence-electron chi connectivity index (χ3n) is 4.42. The Bertz CT molecular complexity index is 765. The quantitative estimate of drug-likeness (QED) is 0.750. The fourth-order valence-electron chi connectivity index (χ4n) is 3.08. The third kappa shape index (κ3) is 4.36. The monoisotopic (exact) mass is 414 g/mol. The van der Waals surface area contributed by atoms with Gasteiger partial charge in [-0.2, -0.15) is 0 Å². The number of nitrogens with one attached hydrogen (secondary N) is 2. The van der Waals surface area contributed by atoms with Gasteiger partial charge in [-0.1, -0.05) is 28.1 Å². The molecule has 130 valence electrons. The van der Waals surface area contributed by atoms with E-state index in [1.807, 2.05) is 24.3 Å². The molecule has 1 aromatic rings. The van der Waals surface area contributed by atoms with Crippen molar-refractivity contribution in [1.29, 1.82) is 0 Å². The molecule has 3 atom stereocenters. The Labute approximate surface area is 149 Å². The molecule has 0 aromatic heterocycles. The standard InChI is InChI=1S/C16H19BrN2O4S/c17-11-3-1-2-10(6-11)13-7-14(13)16(21)18-8-15(20)19-12-4-5-24(22,23)9-12/h1-3,6,12-14H,4-5,7-9H2,(H,18,21)(H,19,20)/t12-,13+,14-/m1/s1. The first-order chi connectivity index (χ1) is 11.3. The molecule has 1 aliphatic heterocycles. The zero-order valence-electron chi connectivity index (χ0n) is 13.0. The van der Waals surface area contributed by atoms with E-state index in [2.05, 4.69) is 26.6 Å². The zero-order valence-corrected chi connectivity index (χ0v) is 15.4. The highest BCUT2D eigenvalue weighted by molar-refractivity contribution is 9.10. The van der Waals surface area contributed by atoms with Crippen molar-refractivity contribution in [3.63, 3.8) is 0 Å². The fourth-order valence-corrected chi connectivity index (χ4v) is 5.17. The highest BCUT2D eigenvalue weighted by Crippen LogP contribution is 2.47. The maximum absolute atomic E-state index is 12.1. The van der Waals surface area contributed by atoms with Crippen LogP contribution >= 0.6 is 15.9 Å². The van der Waals surface area contributed by atoms with Crippen molar-refractivity contribution in [2.45, 2.75) is 24.8 Å². The van der Waals surface area contributed by atoms with Crippen molar-refractivity contribution < 1.29 is 18.0 Å². The van der Waals surface area contributed by atoms with E-state index in [4.69, 9.17) is 0 Å². The lowest BCUT2D eigenvalue weighted by Crippen LogP contribution is -2.42. The summed E-state index contributed by atoms with van der Waals surface area (Å²) in [4.78, 5) is 23.9. The van der Waals surface area contributed by atoms with Gasteiger partial charge >= 0.3 is 0 Å². The van der Waals surface area contributed by atoms with Crippen LogP contribution in [0.15, 0.2) is 28.7 Å². The summed E-state index contributed by atoms with van der Waals surface area (Å²) in [5.74, 6) is -0.273. The molecule has 1 aliphatic carbocycles. The summed E-state index contributed by atoms with van der Waals surface area (Å²) in [5, 5.41) is 5.30. The minimum Gasteiger partial charge on any atom is -0.351 e. The summed E-state index contributed by atoms with van der Waals surface area (Å²) in [5.41, 5.74) is 1.12. The summed E-state index contributed by atoms with van der Waals surface area (Å²) in [7, 11) is -3.02. The molecule has 0 spiro atoms. The second-order valence-corrected chi connectivity index (χ2v) is 9.53. The molecule has 8 heteroatoms. The number of carbonyl (C=O) groups is 2. The van der Waals surface area contributed by atoms with Gasteiger partial charge in [0.25, 0.3) is 0 Å². The van der Waals surface area contributed by atoms with Crippen molar-refractivity contribution in [2.75, 3.05) is 18.1 Å². The minimum absolute atomic E-state index is 0.0136. The molecule has 1 saturated heterocycles. The van der Waals surface area contributed by atoms with Crippen LogP contribution in [-0.4, -0.2) is 44.3 Å². The maximum Gasteiger partial charge on any atom is 0.239 e. The van der Waals surface area contributed by atoms with Crippen molar-refractivity contribution in [1.82, 2.24) is 10.6 Å². The average molecular weight is 415 g/mol. The molecule has 0 unspecified atom stereocenters. The van der Waals surface area contributed by atoms with Crippen LogP contribution in [0, 0.1) is 5.92 Å². The lowest BCUT2D eigenvalue weighted by Gasteiger charge is -2.11. The van der Waals surface area contributed by atoms with E-state index >= 15 is 0 Å². The second-order valence-electron chi connectivity index (χ2n) is 6.39. The van der Waals surface area contributed by atoms with Crippen LogP contribution in [0.4, 0.5) is 0 Å². The first kappa shape index (κ1) is 17.4. The van der Waals surface area contributed by atoms with Crippen LogP contribution in [0.25, 0.3) is 0 Å². The molecule has 0 radical (unpaired) electrons. The van der Waals surface area contributed by atoms with Gasteiger partial charge in [-0.05, 0) is 36.5 Å². The number of hydrogen-bond donors (Lipinski definition) is 2. The number of benzene rings is 1. The predicted molar refractivity (Wildman–Crippen MR) is 93.2 cm³/mol. The predicted octanol–water partition coefficient (Wildman–Crippen LogP) is 0.972. The van der Waals surface area contributed by atoms with E-state index in [1.54, 1.807) is 0 Å². The van der Waals surface area contributed by atoms with E-state index in [1.165, 1.54) is 0 Å². The summed E-state index contributed by atoms with van der Waals surface area (Å²) >= 11 is 3.42. The molecule has 1 heterocycles. The molecule has 0 bridgehead atoms. The summed E-state index contributed by atoms with van der Waals surface area (Å²) in [6.45, 7) is -0.114. The molecule has 24 heavy (non-hydrogen) atoms. The SMILES string of the molecule is O=C(CNC(=O)[C@@H]1C[C@H]1c1cccc(Br)c1)N[C@@H]1CCS(=O)(=O)C1. The molecule has 1 saturated carbocycles. The Morgan fingerprint density at radius 3 is 2.75 bits per heavy atom. The van der Waals surface area contributed by atoms with Crippen molar-refractivity contribution in [3.8, 4) is 0 Å². The first-order valence-electron chi connectivity index (χ1n) is 7.87. The Balaban J connectivity index is 1.43. The van der Waals surface area contributed by atoms with E-state index < -0.39 is 9.84 Å². The minimum atomic E-state index is -3.02. The third-order valence-corrected chi connectivity index (χ3v) is 6.69. The Morgan fingerprint density at radius 2 is 2.08 bits per heavy atom. The molecule has 2 fully saturated rings. The Morgan fingerprint density at radius 1 is 1.29 bits per heavy atom. The van der Waals surface area contributed by atoms with E-state index in [-0.39, 0.29) is 47.7 Å².